The summed E-state index contributed by atoms with van der Waals surface area (Å²) in [4.78, 5) is 16.4. The molecule has 0 saturated heterocycles. The summed E-state index contributed by atoms with van der Waals surface area (Å²) in [7, 11) is 0. The Morgan fingerprint density at radius 2 is 2.05 bits per heavy atom. The molecule has 0 aliphatic carbocycles. The van der Waals surface area contributed by atoms with Gasteiger partial charge in [0.2, 0.25) is 5.91 Å². The van der Waals surface area contributed by atoms with E-state index in [1.165, 1.54) is 29.0 Å². The monoisotopic (exact) mass is 314 g/mol. The first kappa shape index (κ1) is 14.7. The highest BCUT2D eigenvalue weighted by Crippen LogP contribution is 2.26. The third-order valence-corrected chi connectivity index (χ3v) is 4.38. The van der Waals surface area contributed by atoms with E-state index in [4.69, 9.17) is 0 Å². The molecule has 0 fully saturated rings. The number of thiazole rings is 1. The third kappa shape index (κ3) is 3.14. The Hall–Kier alpha value is -2.27. The largest absolute Gasteiger partial charge is 0.302 e. The van der Waals surface area contributed by atoms with Crippen molar-refractivity contribution < 1.29 is 9.18 Å². The van der Waals surface area contributed by atoms with Gasteiger partial charge in [0, 0.05) is 0 Å². The molecule has 0 aliphatic rings. The summed E-state index contributed by atoms with van der Waals surface area (Å²) < 4.78 is 13.9. The van der Waals surface area contributed by atoms with E-state index >= 15 is 0 Å². The Labute approximate surface area is 131 Å². The van der Waals surface area contributed by atoms with Crippen LogP contribution in [0.2, 0.25) is 0 Å². The van der Waals surface area contributed by atoms with Crippen molar-refractivity contribution in [3.8, 4) is 0 Å². The molecule has 112 valence electrons. The second-order valence-corrected chi connectivity index (χ2v) is 6.32. The number of amides is 1. The molecule has 22 heavy (non-hydrogen) atoms. The minimum absolute atomic E-state index is 0.119. The lowest BCUT2D eigenvalue weighted by Gasteiger charge is -2.06. The van der Waals surface area contributed by atoms with Gasteiger partial charge in [0.05, 0.1) is 16.6 Å². The molecule has 3 rings (SSSR count). The fraction of sp³-hybridized carbons (Fsp3) is 0.176. The van der Waals surface area contributed by atoms with E-state index in [-0.39, 0.29) is 11.7 Å². The van der Waals surface area contributed by atoms with Crippen LogP contribution in [0, 0.1) is 19.7 Å². The van der Waals surface area contributed by atoms with Crippen molar-refractivity contribution in [3.05, 3.63) is 58.9 Å². The lowest BCUT2D eigenvalue weighted by molar-refractivity contribution is -0.115. The lowest BCUT2D eigenvalue weighted by Crippen LogP contribution is -2.14. The summed E-state index contributed by atoms with van der Waals surface area (Å²) in [5.74, 6) is -0.421. The lowest BCUT2D eigenvalue weighted by atomic mass is 10.0. The third-order valence-electron chi connectivity index (χ3n) is 3.45. The van der Waals surface area contributed by atoms with E-state index in [1.54, 1.807) is 6.07 Å². The first-order valence-electron chi connectivity index (χ1n) is 6.93. The summed E-state index contributed by atoms with van der Waals surface area (Å²) in [5.41, 5.74) is 3.96. The first-order chi connectivity index (χ1) is 10.5. The minimum Gasteiger partial charge on any atom is -0.302 e. The molecule has 1 amide bonds. The molecule has 1 N–H and O–H groups in total. The molecule has 0 aliphatic heterocycles. The van der Waals surface area contributed by atoms with Gasteiger partial charge in [0.15, 0.2) is 5.13 Å². The molecule has 2 aromatic carbocycles. The average Bonchev–Trinajstić information content (AvgIpc) is 2.83. The quantitative estimate of drug-likeness (QED) is 0.786. The zero-order chi connectivity index (χ0) is 15.7. The van der Waals surface area contributed by atoms with Crippen LogP contribution in [0.15, 0.2) is 36.4 Å². The Bertz CT molecular complexity index is 857. The predicted molar refractivity (Wildman–Crippen MR) is 87.8 cm³/mol. The predicted octanol–water partition coefficient (Wildman–Crippen LogP) is 4.23. The number of carbonyl (C=O) groups excluding carboxylic acids is 1. The maximum atomic E-state index is 13.2. The minimum atomic E-state index is -0.302. The van der Waals surface area contributed by atoms with Gasteiger partial charge in [0.25, 0.3) is 0 Å². The second kappa shape index (κ2) is 5.85. The van der Waals surface area contributed by atoms with Crippen LogP contribution in [-0.2, 0) is 11.2 Å². The topological polar surface area (TPSA) is 42.0 Å². The number of rotatable bonds is 3. The van der Waals surface area contributed by atoms with Crippen molar-refractivity contribution in [2.75, 3.05) is 5.32 Å². The van der Waals surface area contributed by atoms with Crippen LogP contribution in [0.25, 0.3) is 10.2 Å². The van der Waals surface area contributed by atoms with E-state index < -0.39 is 0 Å². The number of nitrogens with zero attached hydrogens (tertiary/aromatic N) is 1. The highest BCUT2D eigenvalue weighted by Gasteiger charge is 2.10. The molecule has 0 bridgehead atoms. The summed E-state index contributed by atoms with van der Waals surface area (Å²) in [6.45, 7) is 4.02. The van der Waals surface area contributed by atoms with Crippen molar-refractivity contribution in [1.82, 2.24) is 4.98 Å². The highest BCUT2D eigenvalue weighted by molar-refractivity contribution is 7.22. The van der Waals surface area contributed by atoms with Gasteiger partial charge in [-0.25, -0.2) is 9.37 Å². The van der Waals surface area contributed by atoms with Crippen LogP contribution in [0.4, 0.5) is 9.52 Å². The molecular formula is C17H15FN2OS. The van der Waals surface area contributed by atoms with Gasteiger partial charge in [-0.05, 0) is 43.2 Å². The van der Waals surface area contributed by atoms with E-state index in [0.29, 0.717) is 17.1 Å². The zero-order valence-corrected chi connectivity index (χ0v) is 13.1. The molecule has 0 radical (unpaired) electrons. The normalized spacial score (nSPS) is 10.9. The zero-order valence-electron chi connectivity index (χ0n) is 12.3. The number of aromatic nitrogens is 1. The maximum absolute atomic E-state index is 13.2. The van der Waals surface area contributed by atoms with Gasteiger partial charge >= 0.3 is 0 Å². The molecule has 0 unspecified atom stereocenters. The summed E-state index contributed by atoms with van der Waals surface area (Å²) >= 11 is 1.27. The molecule has 1 aromatic heterocycles. The number of nitrogens with one attached hydrogen (secondary N) is 1. The maximum Gasteiger partial charge on any atom is 0.230 e. The number of hydrogen-bond donors (Lipinski definition) is 1. The molecule has 3 nitrogen and oxygen atoms in total. The number of fused-ring (bicyclic) bond motifs is 1. The molecular weight excluding hydrogens is 299 g/mol. The van der Waals surface area contributed by atoms with Crippen LogP contribution >= 0.6 is 11.3 Å². The second-order valence-electron chi connectivity index (χ2n) is 5.29. The fourth-order valence-corrected chi connectivity index (χ4v) is 3.24. The number of hydrogen-bond acceptors (Lipinski definition) is 3. The van der Waals surface area contributed by atoms with Crippen molar-refractivity contribution in [2.45, 2.75) is 20.3 Å². The molecule has 0 atom stereocenters. The number of benzene rings is 2. The SMILES string of the molecule is Cc1ccc(CC(=O)Nc2nc3ccc(F)cc3s2)c(C)c1. The first-order valence-corrected chi connectivity index (χ1v) is 7.75. The van der Waals surface area contributed by atoms with Gasteiger partial charge in [-0.1, -0.05) is 35.1 Å². The van der Waals surface area contributed by atoms with E-state index in [9.17, 15) is 9.18 Å². The Balaban J connectivity index is 1.75. The highest BCUT2D eigenvalue weighted by atomic mass is 32.1. The Kier molecular flexibility index (Phi) is 3.90. The van der Waals surface area contributed by atoms with E-state index in [0.717, 1.165) is 15.8 Å². The fourth-order valence-electron chi connectivity index (χ4n) is 2.33. The summed E-state index contributed by atoms with van der Waals surface area (Å²) in [6.07, 6.45) is 0.302. The summed E-state index contributed by atoms with van der Waals surface area (Å²) in [5, 5.41) is 3.28. The van der Waals surface area contributed by atoms with Gasteiger partial charge in [-0.15, -0.1) is 0 Å². The number of anilines is 1. The van der Waals surface area contributed by atoms with Gasteiger partial charge in [0.1, 0.15) is 5.82 Å². The summed E-state index contributed by atoms with van der Waals surface area (Å²) in [6, 6.07) is 10.4. The Morgan fingerprint density at radius 1 is 1.23 bits per heavy atom. The smallest absolute Gasteiger partial charge is 0.230 e. The molecule has 0 spiro atoms. The Morgan fingerprint density at radius 3 is 2.82 bits per heavy atom. The number of aryl methyl sites for hydroxylation is 2. The van der Waals surface area contributed by atoms with Crippen molar-refractivity contribution >= 4 is 32.6 Å². The van der Waals surface area contributed by atoms with E-state index in [1.807, 2.05) is 26.0 Å². The van der Waals surface area contributed by atoms with Crippen LogP contribution in [-0.4, -0.2) is 10.9 Å². The molecule has 1 heterocycles. The number of halogens is 1. The van der Waals surface area contributed by atoms with Crippen molar-refractivity contribution in [1.29, 1.82) is 0 Å². The van der Waals surface area contributed by atoms with Crippen LogP contribution in [0.3, 0.4) is 0 Å². The van der Waals surface area contributed by atoms with Crippen LogP contribution in [0.1, 0.15) is 16.7 Å². The van der Waals surface area contributed by atoms with Gasteiger partial charge in [-0.3, -0.25) is 4.79 Å². The van der Waals surface area contributed by atoms with Crippen molar-refractivity contribution in [3.63, 3.8) is 0 Å². The molecule has 5 heteroatoms. The van der Waals surface area contributed by atoms with Crippen molar-refractivity contribution in [2.24, 2.45) is 0 Å². The van der Waals surface area contributed by atoms with E-state index in [2.05, 4.69) is 16.4 Å². The number of carbonyl (C=O) groups is 1. The van der Waals surface area contributed by atoms with Crippen LogP contribution < -0.4 is 5.32 Å². The van der Waals surface area contributed by atoms with Gasteiger partial charge in [-0.2, -0.15) is 0 Å². The average molecular weight is 314 g/mol. The molecule has 3 aromatic rings. The standard InChI is InChI=1S/C17H15FN2OS/c1-10-3-4-12(11(2)7-10)8-16(21)20-17-19-14-6-5-13(18)9-15(14)22-17/h3-7,9H,8H2,1-2H3,(H,19,20,21). The van der Waals surface area contributed by atoms with Crippen LogP contribution in [0.5, 0.6) is 0 Å². The van der Waals surface area contributed by atoms with Gasteiger partial charge < -0.3 is 5.32 Å². The molecule has 0 saturated carbocycles.